The zero-order chi connectivity index (χ0) is 20.4. The normalized spacial score (nSPS) is 18.6. The molecule has 4 rings (SSSR count). The topological polar surface area (TPSA) is 68.3 Å². The Hall–Kier alpha value is -1.60. The highest BCUT2D eigenvalue weighted by Crippen LogP contribution is 2.33. The fraction of sp³-hybridized carbons (Fsp3) is 0.682. The maximum absolute atomic E-state index is 13.0. The molecule has 0 radical (unpaired) electrons. The third kappa shape index (κ3) is 5.31. The Morgan fingerprint density at radius 3 is 2.52 bits per heavy atom. The first kappa shape index (κ1) is 20.7. The van der Waals surface area contributed by atoms with E-state index in [1.165, 1.54) is 32.1 Å². The Morgan fingerprint density at radius 2 is 1.86 bits per heavy atom. The minimum atomic E-state index is -3.33. The number of aryl methyl sites for hydroxylation is 1. The molecule has 2 heterocycles. The molecule has 2 aromatic rings. The van der Waals surface area contributed by atoms with E-state index in [1.54, 1.807) is 6.20 Å². The van der Waals surface area contributed by atoms with Gasteiger partial charge in [0.25, 0.3) is 0 Å². The third-order valence-electron chi connectivity index (χ3n) is 6.15. The van der Waals surface area contributed by atoms with Crippen molar-refractivity contribution in [1.29, 1.82) is 0 Å². The Morgan fingerprint density at radius 1 is 1.10 bits per heavy atom. The number of furan rings is 1. The van der Waals surface area contributed by atoms with E-state index in [0.29, 0.717) is 24.9 Å². The molecule has 0 atom stereocenters. The number of hydrogen-bond donors (Lipinski definition) is 0. The van der Waals surface area contributed by atoms with Crippen LogP contribution in [0, 0.1) is 18.8 Å². The summed E-state index contributed by atoms with van der Waals surface area (Å²) in [7, 11) is -1.30. The van der Waals surface area contributed by atoms with E-state index in [9.17, 15) is 8.42 Å². The van der Waals surface area contributed by atoms with E-state index in [4.69, 9.17) is 4.42 Å². The van der Waals surface area contributed by atoms with E-state index in [-0.39, 0.29) is 10.9 Å². The van der Waals surface area contributed by atoms with Crippen molar-refractivity contribution in [3.8, 4) is 0 Å². The molecule has 6 nitrogen and oxygen atoms in total. The van der Waals surface area contributed by atoms with Gasteiger partial charge in [-0.3, -0.25) is 4.90 Å². The number of aromatic nitrogens is 2. The van der Waals surface area contributed by atoms with Crippen LogP contribution in [0.2, 0.25) is 0 Å². The lowest BCUT2D eigenvalue weighted by Gasteiger charge is -2.25. The molecule has 2 fully saturated rings. The molecule has 0 spiro atoms. The first-order valence-electron chi connectivity index (χ1n) is 10.9. The van der Waals surface area contributed by atoms with Gasteiger partial charge in [-0.2, -0.15) is 0 Å². The summed E-state index contributed by atoms with van der Waals surface area (Å²) in [6, 6.07) is 3.97. The molecule has 0 aliphatic heterocycles. The average molecular weight is 420 g/mol. The lowest BCUT2D eigenvalue weighted by molar-refractivity contribution is 0.265. The number of nitrogens with zero attached hydrogens (tertiary/aromatic N) is 3. The van der Waals surface area contributed by atoms with Gasteiger partial charge in [0, 0.05) is 13.1 Å². The molecule has 7 heteroatoms. The molecule has 0 aromatic carbocycles. The minimum absolute atomic E-state index is 0.246. The summed E-state index contributed by atoms with van der Waals surface area (Å²) in [6.45, 7) is 4.05. The predicted molar refractivity (Wildman–Crippen MR) is 112 cm³/mol. The summed E-state index contributed by atoms with van der Waals surface area (Å²) in [6.07, 6.45) is 9.98. The van der Waals surface area contributed by atoms with Crippen LogP contribution in [0.15, 0.2) is 27.9 Å². The smallest absolute Gasteiger partial charge is 0.227 e. The minimum Gasteiger partial charge on any atom is -0.465 e. The van der Waals surface area contributed by atoms with Gasteiger partial charge in [0.05, 0.1) is 24.2 Å². The Balaban J connectivity index is 1.54. The number of imidazole rings is 1. The van der Waals surface area contributed by atoms with Gasteiger partial charge in [0.15, 0.2) is 0 Å². The van der Waals surface area contributed by atoms with Crippen LogP contribution >= 0.6 is 0 Å². The molecule has 29 heavy (non-hydrogen) atoms. The first-order chi connectivity index (χ1) is 13.9. The Bertz CT molecular complexity index is 921. The maximum atomic E-state index is 13.0. The summed E-state index contributed by atoms with van der Waals surface area (Å²) < 4.78 is 33.8. The standard InChI is InChI=1S/C22H33N3O3S/c1-17-8-11-21(28-17)15-24(2)14-20-12-23-22(29(26,27)16-19-9-10-19)25(20)13-18-6-4-3-5-7-18/h8,11-12,18-19H,3-7,9-10,13-16H2,1-2H3. The van der Waals surface area contributed by atoms with Crippen LogP contribution < -0.4 is 0 Å². The monoisotopic (exact) mass is 419 g/mol. The van der Waals surface area contributed by atoms with Gasteiger partial charge in [0.2, 0.25) is 15.0 Å². The van der Waals surface area contributed by atoms with Crippen molar-refractivity contribution in [3.05, 3.63) is 35.5 Å². The van der Waals surface area contributed by atoms with Gasteiger partial charge in [-0.25, -0.2) is 13.4 Å². The van der Waals surface area contributed by atoms with Crippen molar-refractivity contribution in [2.24, 2.45) is 11.8 Å². The van der Waals surface area contributed by atoms with Crippen molar-refractivity contribution in [1.82, 2.24) is 14.5 Å². The van der Waals surface area contributed by atoms with E-state index >= 15 is 0 Å². The highest BCUT2D eigenvalue weighted by molar-refractivity contribution is 7.91. The molecule has 2 saturated carbocycles. The van der Waals surface area contributed by atoms with Crippen molar-refractivity contribution in [2.75, 3.05) is 12.8 Å². The Kier molecular flexibility index (Phi) is 6.16. The highest BCUT2D eigenvalue weighted by Gasteiger charge is 2.33. The second kappa shape index (κ2) is 8.64. The lowest BCUT2D eigenvalue weighted by Crippen LogP contribution is -2.24. The van der Waals surface area contributed by atoms with Crippen molar-refractivity contribution in [3.63, 3.8) is 0 Å². The fourth-order valence-corrected chi connectivity index (χ4v) is 6.27. The third-order valence-corrected chi connectivity index (χ3v) is 7.94. The van der Waals surface area contributed by atoms with Gasteiger partial charge < -0.3 is 8.98 Å². The molecule has 2 aliphatic carbocycles. The van der Waals surface area contributed by atoms with Gasteiger partial charge in [0.1, 0.15) is 11.5 Å². The summed E-state index contributed by atoms with van der Waals surface area (Å²) >= 11 is 0. The van der Waals surface area contributed by atoms with Gasteiger partial charge in [-0.15, -0.1) is 0 Å². The van der Waals surface area contributed by atoms with E-state index in [2.05, 4.69) is 9.88 Å². The van der Waals surface area contributed by atoms with Crippen molar-refractivity contribution in [2.45, 2.75) is 76.7 Å². The van der Waals surface area contributed by atoms with Crippen molar-refractivity contribution >= 4 is 9.84 Å². The fourth-order valence-electron chi connectivity index (χ4n) is 4.43. The Labute approximate surface area is 174 Å². The zero-order valence-corrected chi connectivity index (χ0v) is 18.5. The molecule has 0 bridgehead atoms. The quantitative estimate of drug-likeness (QED) is 0.610. The van der Waals surface area contributed by atoms with E-state index < -0.39 is 9.84 Å². The van der Waals surface area contributed by atoms with Gasteiger partial charge in [-0.1, -0.05) is 19.3 Å². The molecule has 2 aliphatic rings. The van der Waals surface area contributed by atoms with Crippen LogP contribution in [0.1, 0.15) is 62.2 Å². The SMILES string of the molecule is Cc1ccc(CN(C)Cc2cnc(S(=O)(=O)CC3CC3)n2CC2CCCCC2)o1. The average Bonchev–Trinajstić information content (AvgIpc) is 3.24. The van der Waals surface area contributed by atoms with Crippen LogP contribution in [-0.2, 0) is 29.5 Å². The van der Waals surface area contributed by atoms with Gasteiger partial charge >= 0.3 is 0 Å². The molecule has 0 amide bonds. The van der Waals surface area contributed by atoms with Crippen molar-refractivity contribution < 1.29 is 12.8 Å². The van der Waals surface area contributed by atoms with Crippen LogP contribution in [0.3, 0.4) is 0 Å². The first-order valence-corrected chi connectivity index (χ1v) is 12.6. The summed E-state index contributed by atoms with van der Waals surface area (Å²) in [4.78, 5) is 6.58. The van der Waals surface area contributed by atoms with Gasteiger partial charge in [-0.05, 0) is 63.6 Å². The molecular formula is C22H33N3O3S. The molecule has 160 valence electrons. The number of sulfone groups is 1. The largest absolute Gasteiger partial charge is 0.465 e. The lowest BCUT2D eigenvalue weighted by atomic mass is 9.89. The molecular weight excluding hydrogens is 386 g/mol. The summed E-state index contributed by atoms with van der Waals surface area (Å²) in [5, 5.41) is 0.284. The van der Waals surface area contributed by atoms with Crippen LogP contribution in [-0.4, -0.2) is 35.7 Å². The summed E-state index contributed by atoms with van der Waals surface area (Å²) in [5.41, 5.74) is 0.982. The highest BCUT2D eigenvalue weighted by atomic mass is 32.2. The number of hydrogen-bond acceptors (Lipinski definition) is 5. The number of rotatable bonds is 9. The summed E-state index contributed by atoms with van der Waals surface area (Å²) in [5.74, 6) is 2.95. The molecule has 0 unspecified atom stereocenters. The van der Waals surface area contributed by atoms with Crippen LogP contribution in [0.5, 0.6) is 0 Å². The zero-order valence-electron chi connectivity index (χ0n) is 17.6. The molecule has 0 saturated heterocycles. The second-order valence-electron chi connectivity index (χ2n) is 9.06. The maximum Gasteiger partial charge on any atom is 0.227 e. The predicted octanol–water partition coefficient (Wildman–Crippen LogP) is 4.18. The molecule has 0 N–H and O–H groups in total. The van der Waals surface area contributed by atoms with E-state index in [1.807, 2.05) is 30.7 Å². The molecule has 2 aromatic heterocycles. The van der Waals surface area contributed by atoms with Crippen LogP contribution in [0.4, 0.5) is 0 Å². The van der Waals surface area contributed by atoms with E-state index in [0.717, 1.165) is 36.6 Å². The second-order valence-corrected chi connectivity index (χ2v) is 11.0. The van der Waals surface area contributed by atoms with Crippen LogP contribution in [0.25, 0.3) is 0 Å².